The molecule has 56 heavy (non-hydrogen) atoms. The summed E-state index contributed by atoms with van der Waals surface area (Å²) in [7, 11) is 0. The quantitative estimate of drug-likeness (QED) is 0.0981. The largest absolute Gasteiger partial charge is 0.432 e. The highest BCUT2D eigenvalue weighted by Crippen LogP contribution is 2.76. The average Bonchev–Trinajstić information content (AvgIpc) is 3.13. The van der Waals surface area contributed by atoms with Crippen LogP contribution >= 0.6 is 0 Å². The lowest BCUT2D eigenvalue weighted by Crippen LogP contribution is -2.72. The topological polar surface area (TPSA) is 253 Å². The first-order valence-electron chi connectivity index (χ1n) is 20.4. The number of hydrogen-bond acceptors (Lipinski definition) is 15. The van der Waals surface area contributed by atoms with Gasteiger partial charge in [0.2, 0.25) is 6.29 Å². The van der Waals surface area contributed by atoms with E-state index in [0.717, 1.165) is 12.0 Å². The Balaban J connectivity index is 1.22. The molecule has 5 aliphatic carbocycles. The van der Waals surface area contributed by atoms with Crippen molar-refractivity contribution in [1.29, 1.82) is 0 Å². The molecule has 2 aliphatic heterocycles. The minimum atomic E-state index is -1.75. The normalized spacial score (nSPS) is 54.1. The van der Waals surface area contributed by atoms with E-state index in [1.165, 1.54) is 0 Å². The van der Waals surface area contributed by atoms with Crippen molar-refractivity contribution in [3.8, 4) is 0 Å². The van der Waals surface area contributed by atoms with Crippen LogP contribution in [0.3, 0.4) is 0 Å². The fraction of sp³-hybridized carbons (Fsp3) is 0.902. The third-order valence-corrected chi connectivity index (χ3v) is 16.6. The van der Waals surface area contributed by atoms with Crippen molar-refractivity contribution in [2.45, 2.75) is 160 Å². The summed E-state index contributed by atoms with van der Waals surface area (Å²) in [6.07, 6.45) is -10.0. The van der Waals surface area contributed by atoms with Gasteiger partial charge in [-0.15, -0.1) is 0 Å². The molecule has 15 nitrogen and oxygen atoms in total. The number of Topliss-reactive ketones (excluding diaryl/α,β-unsaturated/α-hetero) is 1. The van der Waals surface area contributed by atoms with Gasteiger partial charge < -0.3 is 64.9 Å². The Morgan fingerprint density at radius 1 is 0.821 bits per heavy atom. The van der Waals surface area contributed by atoms with Crippen molar-refractivity contribution in [3.63, 3.8) is 0 Å². The van der Waals surface area contributed by atoms with E-state index >= 15 is 0 Å². The zero-order valence-electron chi connectivity index (χ0n) is 33.4. The molecule has 0 radical (unpaired) electrons. The van der Waals surface area contributed by atoms with Crippen molar-refractivity contribution in [3.05, 3.63) is 11.6 Å². The highest BCUT2D eigenvalue weighted by Gasteiger charge is 2.73. The third-order valence-electron chi connectivity index (χ3n) is 16.6. The number of allylic oxidation sites excluding steroid dienone is 2. The maximum absolute atomic E-state index is 14.4. The molecule has 2 saturated heterocycles. The van der Waals surface area contributed by atoms with E-state index in [2.05, 4.69) is 33.8 Å². The van der Waals surface area contributed by atoms with Crippen molar-refractivity contribution in [2.24, 2.45) is 50.2 Å². The molecule has 0 aromatic heterocycles. The summed E-state index contributed by atoms with van der Waals surface area (Å²) in [5.41, 5.74) is -3.19. The lowest BCUT2D eigenvalue weighted by molar-refractivity contribution is -0.329. The van der Waals surface area contributed by atoms with E-state index in [9.17, 15) is 55.5 Å². The molecule has 7 rings (SSSR count). The number of aliphatic hydroxyl groups is 9. The van der Waals surface area contributed by atoms with Gasteiger partial charge in [-0.25, -0.2) is 0 Å². The van der Waals surface area contributed by atoms with E-state index in [-0.39, 0.29) is 36.1 Å². The standard InChI is InChI=1S/C41H64O15/c1-36(2)9-11-41(35(52)56-33-29(50)26(47)23(46)17-53-33)12-10-39(5)19(20(41)13-36)7-8-25-37(3)14-22(45)32(38(4,18-43)31(37)21(44)15-40(25,39)6)55-34-30(51)28(49)27(48)24(16-42)54-34/h7,20-21,23-34,42-44,46-51H,8-18H2,1-6H3/t20-,21+,23?,24+,25+,26?,27+,28-,29+,30+,31?,32-,33?,34-,37+,38-,39+,40+,41-/m0/s1. The van der Waals surface area contributed by atoms with Crippen LogP contribution in [-0.4, -0.2) is 145 Å². The summed E-state index contributed by atoms with van der Waals surface area (Å²) in [4.78, 5) is 28.9. The zero-order valence-corrected chi connectivity index (χ0v) is 33.4. The summed E-state index contributed by atoms with van der Waals surface area (Å²) >= 11 is 0. The van der Waals surface area contributed by atoms with Gasteiger partial charge in [-0.05, 0) is 78.4 Å². The second-order valence-electron chi connectivity index (χ2n) is 20.2. The predicted octanol–water partition coefficient (Wildman–Crippen LogP) is 0.0776. The molecule has 7 aliphatic rings. The van der Waals surface area contributed by atoms with Crippen LogP contribution in [0.2, 0.25) is 0 Å². The molecule has 0 aromatic rings. The minimum Gasteiger partial charge on any atom is -0.432 e. The Labute approximate surface area is 328 Å². The molecule has 19 atom stereocenters. The van der Waals surface area contributed by atoms with E-state index < -0.39 is 120 Å². The molecule has 6 fully saturated rings. The second kappa shape index (κ2) is 14.3. The van der Waals surface area contributed by atoms with Gasteiger partial charge >= 0.3 is 5.97 Å². The van der Waals surface area contributed by atoms with Crippen LogP contribution in [0.5, 0.6) is 0 Å². The molecule has 318 valence electrons. The SMILES string of the molecule is CC1(C)CC[C@]2(C(=O)OC3OCC(O)C(O)[C@H]3O)CC[C@]3(C)C(=CC[C@@H]4[C@@]5(C)CC(=O)[C@H](O[C@@H]6O[C@H](CO)[C@@H](O)[C@H](O)[C@H]6O)[C@@](C)(CO)C5[C@H](O)C[C@]43C)[C@@H]2C1. The smallest absolute Gasteiger partial charge is 0.315 e. The Morgan fingerprint density at radius 2 is 1.48 bits per heavy atom. The number of aliphatic hydroxyl groups excluding tert-OH is 9. The van der Waals surface area contributed by atoms with Gasteiger partial charge in [0.25, 0.3) is 0 Å². The molecule has 2 heterocycles. The summed E-state index contributed by atoms with van der Waals surface area (Å²) < 4.78 is 23.1. The first-order valence-corrected chi connectivity index (χ1v) is 20.4. The lowest BCUT2D eigenvalue weighted by Gasteiger charge is -2.72. The van der Waals surface area contributed by atoms with Gasteiger partial charge in [0, 0.05) is 17.8 Å². The van der Waals surface area contributed by atoms with E-state index in [1.807, 2.05) is 6.92 Å². The molecular formula is C41H64O15. The zero-order chi connectivity index (χ0) is 41.1. The highest BCUT2D eigenvalue weighted by atomic mass is 16.7. The van der Waals surface area contributed by atoms with Gasteiger partial charge in [0.05, 0.1) is 31.3 Å². The fourth-order valence-corrected chi connectivity index (χ4v) is 13.3. The van der Waals surface area contributed by atoms with Gasteiger partial charge in [-0.1, -0.05) is 53.2 Å². The van der Waals surface area contributed by atoms with Crippen LogP contribution in [0, 0.1) is 50.2 Å². The molecule has 0 amide bonds. The second-order valence-corrected chi connectivity index (χ2v) is 20.2. The van der Waals surface area contributed by atoms with Crippen LogP contribution in [0.1, 0.15) is 92.9 Å². The van der Waals surface area contributed by atoms with Crippen LogP contribution in [0.25, 0.3) is 0 Å². The Kier molecular flexibility index (Phi) is 10.8. The minimum absolute atomic E-state index is 0.0110. The number of ketones is 1. The van der Waals surface area contributed by atoms with Crippen molar-refractivity contribution in [2.75, 3.05) is 19.8 Å². The van der Waals surface area contributed by atoms with Gasteiger partial charge in [0.1, 0.15) is 48.8 Å². The maximum atomic E-state index is 14.4. The summed E-state index contributed by atoms with van der Waals surface area (Å²) in [6, 6.07) is 0. The van der Waals surface area contributed by atoms with Crippen LogP contribution in [0.15, 0.2) is 11.6 Å². The van der Waals surface area contributed by atoms with Crippen molar-refractivity contribution >= 4 is 11.8 Å². The number of ether oxygens (including phenoxy) is 4. The van der Waals surface area contributed by atoms with Gasteiger partial charge in [-0.2, -0.15) is 0 Å². The number of hydrogen-bond donors (Lipinski definition) is 9. The van der Waals surface area contributed by atoms with E-state index in [0.29, 0.717) is 38.5 Å². The number of carbonyl (C=O) groups excluding carboxylic acids is 2. The maximum Gasteiger partial charge on any atom is 0.315 e. The van der Waals surface area contributed by atoms with E-state index in [1.54, 1.807) is 6.92 Å². The van der Waals surface area contributed by atoms with Crippen LogP contribution < -0.4 is 0 Å². The lowest BCUT2D eigenvalue weighted by atomic mass is 9.33. The molecule has 0 aromatic carbocycles. The molecule has 0 spiro atoms. The predicted molar refractivity (Wildman–Crippen MR) is 195 cm³/mol. The fourth-order valence-electron chi connectivity index (χ4n) is 13.3. The monoisotopic (exact) mass is 796 g/mol. The molecule has 4 unspecified atom stereocenters. The summed E-state index contributed by atoms with van der Waals surface area (Å²) in [5.74, 6) is -1.89. The number of rotatable bonds is 6. The average molecular weight is 797 g/mol. The molecule has 4 saturated carbocycles. The first kappa shape index (κ1) is 42.5. The van der Waals surface area contributed by atoms with Crippen LogP contribution in [0.4, 0.5) is 0 Å². The first-order chi connectivity index (χ1) is 26.0. The summed E-state index contributed by atoms with van der Waals surface area (Å²) in [6.45, 7) is 11.0. The Morgan fingerprint density at radius 3 is 2.14 bits per heavy atom. The molecular weight excluding hydrogens is 732 g/mol. The highest BCUT2D eigenvalue weighted by molar-refractivity contribution is 5.86. The van der Waals surface area contributed by atoms with Gasteiger partial charge in [-0.3, -0.25) is 9.59 Å². The molecule has 9 N–H and O–H groups in total. The number of esters is 1. The van der Waals surface area contributed by atoms with Crippen molar-refractivity contribution < 1.29 is 74.5 Å². The Bertz CT molecular complexity index is 1570. The number of fused-ring (bicyclic) bond motifs is 7. The van der Waals surface area contributed by atoms with Gasteiger partial charge in [0.15, 0.2) is 12.1 Å². The van der Waals surface area contributed by atoms with Crippen LogP contribution in [-0.2, 0) is 28.5 Å². The Hall–Kier alpha value is -1.60. The number of carbonyl (C=O) groups is 2. The molecule has 15 heteroatoms. The van der Waals surface area contributed by atoms with E-state index in [4.69, 9.17) is 18.9 Å². The summed E-state index contributed by atoms with van der Waals surface area (Å²) in [5, 5.41) is 95.8. The van der Waals surface area contributed by atoms with Crippen molar-refractivity contribution in [1.82, 2.24) is 0 Å². The third kappa shape index (κ3) is 6.04. The molecule has 0 bridgehead atoms.